The average molecular weight is 214 g/mol. The van der Waals surface area contributed by atoms with Crippen molar-refractivity contribution < 1.29 is 0 Å². The smallest absolute Gasteiger partial charge is 0.222 e. The second kappa shape index (κ2) is 3.81. The van der Waals surface area contributed by atoms with Crippen LogP contribution in [0.3, 0.4) is 0 Å². The van der Waals surface area contributed by atoms with E-state index in [9.17, 15) is 0 Å². The molecule has 1 aromatic carbocycles. The molecule has 0 aliphatic carbocycles. The van der Waals surface area contributed by atoms with Crippen LogP contribution in [0.4, 0.5) is 11.8 Å². The van der Waals surface area contributed by atoms with Gasteiger partial charge in [-0.1, -0.05) is 23.8 Å². The number of nitrogens with zero attached hydrogens (tertiary/aromatic N) is 2. The Kier molecular flexibility index (Phi) is 2.48. The third kappa shape index (κ3) is 1.95. The van der Waals surface area contributed by atoms with Crippen molar-refractivity contribution in [1.82, 2.24) is 9.97 Å². The first-order valence-corrected chi connectivity index (χ1v) is 5.04. The van der Waals surface area contributed by atoms with Crippen molar-refractivity contribution in [3.63, 3.8) is 0 Å². The van der Waals surface area contributed by atoms with Gasteiger partial charge in [0, 0.05) is 11.6 Å². The molecule has 0 spiro atoms. The molecular formula is C12H14N4. The molecule has 0 saturated carbocycles. The Hall–Kier alpha value is -2.10. The first-order valence-electron chi connectivity index (χ1n) is 5.04. The molecule has 4 N–H and O–H groups in total. The summed E-state index contributed by atoms with van der Waals surface area (Å²) in [6.07, 6.45) is 0. The van der Waals surface area contributed by atoms with Crippen LogP contribution in [0.25, 0.3) is 11.3 Å². The number of aromatic nitrogens is 2. The van der Waals surface area contributed by atoms with Crippen LogP contribution in [-0.4, -0.2) is 9.97 Å². The Labute approximate surface area is 94.3 Å². The van der Waals surface area contributed by atoms with Gasteiger partial charge in [-0.2, -0.15) is 4.98 Å². The van der Waals surface area contributed by atoms with Gasteiger partial charge < -0.3 is 11.5 Å². The molecule has 0 bridgehead atoms. The number of hydrogen-bond acceptors (Lipinski definition) is 4. The van der Waals surface area contributed by atoms with Crippen LogP contribution in [0.1, 0.15) is 11.1 Å². The summed E-state index contributed by atoms with van der Waals surface area (Å²) in [5.74, 6) is 0.595. The Bertz CT molecular complexity index is 514. The molecule has 0 amide bonds. The van der Waals surface area contributed by atoms with Gasteiger partial charge in [-0.3, -0.25) is 0 Å². The van der Waals surface area contributed by atoms with Crippen molar-refractivity contribution >= 4 is 11.8 Å². The third-order valence-electron chi connectivity index (χ3n) is 2.42. The monoisotopic (exact) mass is 214 g/mol. The van der Waals surface area contributed by atoms with Crippen LogP contribution in [-0.2, 0) is 0 Å². The van der Waals surface area contributed by atoms with Crippen molar-refractivity contribution in [2.24, 2.45) is 0 Å². The highest BCUT2D eigenvalue weighted by Gasteiger charge is 2.05. The molecule has 0 aliphatic heterocycles. The Morgan fingerprint density at radius 1 is 1.00 bits per heavy atom. The summed E-state index contributed by atoms with van der Waals surface area (Å²) >= 11 is 0. The molecule has 4 nitrogen and oxygen atoms in total. The predicted octanol–water partition coefficient (Wildman–Crippen LogP) is 1.92. The van der Waals surface area contributed by atoms with Gasteiger partial charge in [-0.15, -0.1) is 0 Å². The molecule has 2 aromatic rings. The number of aryl methyl sites for hydroxylation is 2. The molecule has 0 unspecified atom stereocenters. The lowest BCUT2D eigenvalue weighted by molar-refractivity contribution is 1.19. The molecule has 1 heterocycles. The summed E-state index contributed by atoms with van der Waals surface area (Å²) < 4.78 is 0. The minimum atomic E-state index is 0.204. The van der Waals surface area contributed by atoms with E-state index in [1.54, 1.807) is 6.07 Å². The fraction of sp³-hybridized carbons (Fsp3) is 0.167. The molecule has 0 saturated heterocycles. The van der Waals surface area contributed by atoms with Crippen molar-refractivity contribution in [2.45, 2.75) is 13.8 Å². The molecule has 0 aliphatic rings. The van der Waals surface area contributed by atoms with Crippen LogP contribution in [0, 0.1) is 13.8 Å². The molecule has 82 valence electrons. The van der Waals surface area contributed by atoms with Gasteiger partial charge >= 0.3 is 0 Å². The van der Waals surface area contributed by atoms with E-state index < -0.39 is 0 Å². The molecule has 0 fully saturated rings. The van der Waals surface area contributed by atoms with E-state index >= 15 is 0 Å². The van der Waals surface area contributed by atoms with Crippen LogP contribution >= 0.6 is 0 Å². The lowest BCUT2D eigenvalue weighted by atomic mass is 10.0. The van der Waals surface area contributed by atoms with Gasteiger partial charge in [0.2, 0.25) is 5.95 Å². The number of hydrogen-bond donors (Lipinski definition) is 2. The minimum absolute atomic E-state index is 0.204. The van der Waals surface area contributed by atoms with Crippen LogP contribution in [0.5, 0.6) is 0 Å². The largest absolute Gasteiger partial charge is 0.384 e. The molecule has 1 aromatic heterocycles. The zero-order valence-electron chi connectivity index (χ0n) is 9.36. The summed E-state index contributed by atoms with van der Waals surface area (Å²) in [6, 6.07) is 7.89. The van der Waals surface area contributed by atoms with E-state index in [4.69, 9.17) is 11.5 Å². The summed E-state index contributed by atoms with van der Waals surface area (Å²) in [6.45, 7) is 4.09. The summed E-state index contributed by atoms with van der Waals surface area (Å²) in [5, 5.41) is 0. The summed E-state index contributed by atoms with van der Waals surface area (Å²) in [5.41, 5.74) is 15.4. The number of nitrogens with two attached hydrogens (primary N) is 2. The van der Waals surface area contributed by atoms with E-state index in [-0.39, 0.29) is 5.95 Å². The average Bonchev–Trinajstić information content (AvgIpc) is 2.15. The van der Waals surface area contributed by atoms with E-state index in [2.05, 4.69) is 23.0 Å². The van der Waals surface area contributed by atoms with E-state index in [1.165, 1.54) is 5.56 Å². The summed E-state index contributed by atoms with van der Waals surface area (Å²) in [7, 11) is 0. The van der Waals surface area contributed by atoms with E-state index in [0.29, 0.717) is 5.82 Å². The number of benzene rings is 1. The van der Waals surface area contributed by atoms with Gasteiger partial charge in [0.15, 0.2) is 0 Å². The summed E-state index contributed by atoms with van der Waals surface area (Å²) in [4.78, 5) is 8.03. The molecular weight excluding hydrogens is 200 g/mol. The molecule has 0 radical (unpaired) electrons. The Balaban J connectivity index is 2.58. The second-order valence-corrected chi connectivity index (χ2v) is 3.85. The van der Waals surface area contributed by atoms with Crippen molar-refractivity contribution in [1.29, 1.82) is 0 Å². The highest BCUT2D eigenvalue weighted by Crippen LogP contribution is 2.23. The fourth-order valence-electron chi connectivity index (χ4n) is 1.72. The zero-order chi connectivity index (χ0) is 11.7. The van der Waals surface area contributed by atoms with Crippen molar-refractivity contribution in [3.8, 4) is 11.3 Å². The lowest BCUT2D eigenvalue weighted by Crippen LogP contribution is -2.01. The predicted molar refractivity (Wildman–Crippen MR) is 65.8 cm³/mol. The van der Waals surface area contributed by atoms with E-state index in [0.717, 1.165) is 16.8 Å². The van der Waals surface area contributed by atoms with Crippen LogP contribution in [0.2, 0.25) is 0 Å². The van der Waals surface area contributed by atoms with Gasteiger partial charge in [0.1, 0.15) is 5.82 Å². The maximum absolute atomic E-state index is 5.65. The minimum Gasteiger partial charge on any atom is -0.384 e. The quantitative estimate of drug-likeness (QED) is 0.760. The second-order valence-electron chi connectivity index (χ2n) is 3.85. The Morgan fingerprint density at radius 2 is 1.75 bits per heavy atom. The zero-order valence-corrected chi connectivity index (χ0v) is 9.36. The first-order chi connectivity index (χ1) is 7.56. The number of rotatable bonds is 1. The van der Waals surface area contributed by atoms with E-state index in [1.807, 2.05) is 19.1 Å². The van der Waals surface area contributed by atoms with Crippen LogP contribution in [0.15, 0.2) is 24.3 Å². The first kappa shape index (κ1) is 10.4. The highest BCUT2D eigenvalue weighted by molar-refractivity contribution is 5.67. The maximum Gasteiger partial charge on any atom is 0.222 e. The van der Waals surface area contributed by atoms with Crippen molar-refractivity contribution in [2.75, 3.05) is 11.5 Å². The molecule has 0 atom stereocenters. The number of anilines is 2. The maximum atomic E-state index is 5.65. The fourth-order valence-corrected chi connectivity index (χ4v) is 1.72. The lowest BCUT2D eigenvalue weighted by Gasteiger charge is -2.07. The third-order valence-corrected chi connectivity index (χ3v) is 2.42. The number of nitrogen functional groups attached to an aromatic ring is 2. The van der Waals surface area contributed by atoms with Gasteiger partial charge in [0.25, 0.3) is 0 Å². The van der Waals surface area contributed by atoms with Crippen LogP contribution < -0.4 is 11.5 Å². The normalized spacial score (nSPS) is 10.4. The topological polar surface area (TPSA) is 77.8 Å². The van der Waals surface area contributed by atoms with Gasteiger partial charge in [0.05, 0.1) is 5.69 Å². The SMILES string of the molecule is Cc1ccc(-c2cc(N)nc(N)n2)c(C)c1. The molecule has 4 heteroatoms. The standard InChI is InChI=1S/C12H14N4/c1-7-3-4-9(8(2)5-7)10-6-11(13)16-12(14)15-10/h3-6H,1-2H3,(H4,13,14,15,16). The van der Waals surface area contributed by atoms with Crippen molar-refractivity contribution in [3.05, 3.63) is 35.4 Å². The Morgan fingerprint density at radius 3 is 2.38 bits per heavy atom. The molecule has 2 rings (SSSR count). The highest BCUT2D eigenvalue weighted by atomic mass is 15.0. The van der Waals surface area contributed by atoms with Gasteiger partial charge in [-0.05, 0) is 19.4 Å². The van der Waals surface area contributed by atoms with Gasteiger partial charge in [-0.25, -0.2) is 4.98 Å². The molecule has 16 heavy (non-hydrogen) atoms.